The van der Waals surface area contributed by atoms with Gasteiger partial charge in [-0.25, -0.2) is 4.39 Å². The Morgan fingerprint density at radius 2 is 1.87 bits per heavy atom. The van der Waals surface area contributed by atoms with E-state index in [9.17, 15) is 14.3 Å². The summed E-state index contributed by atoms with van der Waals surface area (Å²) in [7, 11) is 0. The average molecular weight is 431 g/mol. The Bertz CT molecular complexity index is 1020. The number of amides is 1. The standard InChI is InChI=1S/C21H23FN4O3S/c1-13(2)26-20(14(3)29-18-11-7-4-8-15(18)22)24-25-21(26)30-12-19(28)23-16-9-5-6-10-17(16)27/h4-11,13-14,27H,12H2,1-3H3,(H,23,28). The lowest BCUT2D eigenvalue weighted by Gasteiger charge is -2.19. The van der Waals surface area contributed by atoms with E-state index < -0.39 is 11.9 Å². The molecule has 0 radical (unpaired) electrons. The number of nitrogens with zero attached hydrogens (tertiary/aromatic N) is 3. The first-order valence-corrected chi connectivity index (χ1v) is 10.4. The van der Waals surface area contributed by atoms with Crippen LogP contribution in [0.3, 0.4) is 0 Å². The number of hydrogen-bond donors (Lipinski definition) is 2. The molecule has 0 saturated carbocycles. The van der Waals surface area contributed by atoms with E-state index in [1.165, 1.54) is 23.9 Å². The van der Waals surface area contributed by atoms with Gasteiger partial charge >= 0.3 is 0 Å². The molecule has 2 N–H and O–H groups in total. The van der Waals surface area contributed by atoms with E-state index in [1.54, 1.807) is 43.3 Å². The summed E-state index contributed by atoms with van der Waals surface area (Å²) in [4.78, 5) is 12.3. The number of carbonyl (C=O) groups is 1. The molecule has 30 heavy (non-hydrogen) atoms. The second-order valence-corrected chi connectivity index (χ2v) is 7.79. The Balaban J connectivity index is 1.70. The summed E-state index contributed by atoms with van der Waals surface area (Å²) < 4.78 is 21.5. The number of rotatable bonds is 8. The highest BCUT2D eigenvalue weighted by atomic mass is 32.2. The van der Waals surface area contributed by atoms with Crippen LogP contribution in [-0.2, 0) is 4.79 Å². The molecule has 0 aliphatic rings. The fourth-order valence-corrected chi connectivity index (χ4v) is 3.70. The number of hydrogen-bond acceptors (Lipinski definition) is 6. The fraction of sp³-hybridized carbons (Fsp3) is 0.286. The van der Waals surface area contributed by atoms with E-state index in [2.05, 4.69) is 15.5 Å². The molecule has 0 aliphatic carbocycles. The van der Waals surface area contributed by atoms with E-state index in [4.69, 9.17) is 4.74 Å². The van der Waals surface area contributed by atoms with Gasteiger partial charge in [0, 0.05) is 6.04 Å². The van der Waals surface area contributed by atoms with Crippen LogP contribution in [0.4, 0.5) is 10.1 Å². The zero-order valence-corrected chi connectivity index (χ0v) is 17.7. The van der Waals surface area contributed by atoms with Crippen molar-refractivity contribution in [2.75, 3.05) is 11.1 Å². The molecule has 0 bridgehead atoms. The first-order valence-electron chi connectivity index (χ1n) is 9.43. The molecule has 0 saturated heterocycles. The maximum absolute atomic E-state index is 13.9. The molecule has 0 fully saturated rings. The van der Waals surface area contributed by atoms with Crippen LogP contribution in [0, 0.1) is 5.82 Å². The van der Waals surface area contributed by atoms with E-state index in [0.717, 1.165) is 0 Å². The quantitative estimate of drug-likeness (QED) is 0.402. The van der Waals surface area contributed by atoms with Crippen LogP contribution >= 0.6 is 11.8 Å². The third-order valence-corrected chi connectivity index (χ3v) is 5.16. The molecule has 1 amide bonds. The SMILES string of the molecule is CC(Oc1ccccc1F)c1nnc(SCC(=O)Nc2ccccc2O)n1C(C)C. The minimum atomic E-state index is -0.541. The highest BCUT2D eigenvalue weighted by Crippen LogP contribution is 2.29. The van der Waals surface area contributed by atoms with Gasteiger partial charge in [-0.2, -0.15) is 0 Å². The Morgan fingerprint density at radius 1 is 1.17 bits per heavy atom. The van der Waals surface area contributed by atoms with E-state index in [0.29, 0.717) is 16.7 Å². The number of thioether (sulfide) groups is 1. The Labute approximate surface area is 178 Å². The van der Waals surface area contributed by atoms with Crippen LogP contribution in [0.1, 0.15) is 38.7 Å². The molecule has 3 rings (SSSR count). The second-order valence-electron chi connectivity index (χ2n) is 6.85. The van der Waals surface area contributed by atoms with Gasteiger partial charge in [-0.1, -0.05) is 36.0 Å². The summed E-state index contributed by atoms with van der Waals surface area (Å²) >= 11 is 1.22. The lowest BCUT2D eigenvalue weighted by atomic mass is 10.3. The summed E-state index contributed by atoms with van der Waals surface area (Å²) in [5, 5.41) is 21.4. The predicted molar refractivity (Wildman–Crippen MR) is 113 cm³/mol. The highest BCUT2D eigenvalue weighted by Gasteiger charge is 2.23. The first kappa shape index (κ1) is 21.6. The van der Waals surface area contributed by atoms with Crippen molar-refractivity contribution >= 4 is 23.4 Å². The molecule has 0 spiro atoms. The highest BCUT2D eigenvalue weighted by molar-refractivity contribution is 7.99. The number of aromatic hydroxyl groups is 1. The summed E-state index contributed by atoms with van der Waals surface area (Å²) in [6.45, 7) is 5.71. The number of benzene rings is 2. The van der Waals surface area contributed by atoms with Gasteiger partial charge in [-0.3, -0.25) is 4.79 Å². The number of anilines is 1. The summed E-state index contributed by atoms with van der Waals surface area (Å²) in [6.07, 6.45) is -0.541. The molecule has 1 unspecified atom stereocenters. The van der Waals surface area contributed by atoms with Gasteiger partial charge in [0.15, 0.2) is 28.7 Å². The zero-order valence-electron chi connectivity index (χ0n) is 16.9. The lowest BCUT2D eigenvalue weighted by Crippen LogP contribution is -2.16. The van der Waals surface area contributed by atoms with Crippen molar-refractivity contribution in [3.05, 3.63) is 60.2 Å². The monoisotopic (exact) mass is 430 g/mol. The van der Waals surface area contributed by atoms with E-state index in [-0.39, 0.29) is 29.2 Å². The Hall–Kier alpha value is -3.07. The molecular weight excluding hydrogens is 407 g/mol. The summed E-state index contributed by atoms with van der Waals surface area (Å²) in [6, 6.07) is 12.7. The normalized spacial score (nSPS) is 12.0. The predicted octanol–water partition coefficient (Wildman–Crippen LogP) is 4.57. The summed E-state index contributed by atoms with van der Waals surface area (Å²) in [5.41, 5.74) is 0.348. The number of para-hydroxylation sites is 3. The number of aromatic nitrogens is 3. The molecule has 0 aliphatic heterocycles. The first-order chi connectivity index (χ1) is 14.4. The molecule has 1 aromatic heterocycles. The molecule has 1 atom stereocenters. The van der Waals surface area contributed by atoms with E-state index in [1.807, 2.05) is 18.4 Å². The number of halogens is 1. The van der Waals surface area contributed by atoms with E-state index >= 15 is 0 Å². The van der Waals surface area contributed by atoms with Gasteiger partial charge in [-0.05, 0) is 45.0 Å². The van der Waals surface area contributed by atoms with Gasteiger partial charge in [0.2, 0.25) is 5.91 Å². The number of carbonyl (C=O) groups excluding carboxylic acids is 1. The van der Waals surface area contributed by atoms with Crippen LogP contribution in [0.25, 0.3) is 0 Å². The number of phenolic OH excluding ortho intramolecular Hbond substituents is 1. The number of ether oxygens (including phenoxy) is 1. The molecule has 1 heterocycles. The Morgan fingerprint density at radius 3 is 2.57 bits per heavy atom. The third kappa shape index (κ3) is 5.10. The van der Waals surface area contributed by atoms with Gasteiger partial charge in [0.05, 0.1) is 11.4 Å². The second kappa shape index (κ2) is 9.62. The molecule has 3 aromatic rings. The molecular formula is C21H23FN4O3S. The lowest BCUT2D eigenvalue weighted by molar-refractivity contribution is -0.113. The maximum Gasteiger partial charge on any atom is 0.234 e. The van der Waals surface area contributed by atoms with Crippen LogP contribution in [-0.4, -0.2) is 31.5 Å². The fourth-order valence-electron chi connectivity index (χ4n) is 2.83. The molecule has 158 valence electrons. The van der Waals surface area contributed by atoms with Crippen molar-refractivity contribution < 1.29 is 19.0 Å². The van der Waals surface area contributed by atoms with Crippen molar-refractivity contribution in [1.29, 1.82) is 0 Å². The van der Waals surface area contributed by atoms with Crippen molar-refractivity contribution in [2.45, 2.75) is 38.1 Å². The number of phenols is 1. The molecule has 9 heteroatoms. The van der Waals surface area contributed by atoms with Crippen LogP contribution in [0.2, 0.25) is 0 Å². The summed E-state index contributed by atoms with van der Waals surface area (Å²) in [5.74, 6) is 0.0355. The minimum Gasteiger partial charge on any atom is -0.506 e. The average Bonchev–Trinajstić information content (AvgIpc) is 3.14. The smallest absolute Gasteiger partial charge is 0.234 e. The Kier molecular flexibility index (Phi) is 6.94. The maximum atomic E-state index is 13.9. The minimum absolute atomic E-state index is 0.00241. The van der Waals surface area contributed by atoms with Gasteiger partial charge in [0.1, 0.15) is 5.75 Å². The van der Waals surface area contributed by atoms with Crippen molar-refractivity contribution in [1.82, 2.24) is 14.8 Å². The van der Waals surface area contributed by atoms with Crippen molar-refractivity contribution in [2.24, 2.45) is 0 Å². The zero-order chi connectivity index (χ0) is 21.7. The topological polar surface area (TPSA) is 89.3 Å². The van der Waals surface area contributed by atoms with Gasteiger partial charge in [0.25, 0.3) is 0 Å². The van der Waals surface area contributed by atoms with Crippen molar-refractivity contribution in [3.8, 4) is 11.5 Å². The molecule has 7 nitrogen and oxygen atoms in total. The third-order valence-electron chi connectivity index (χ3n) is 4.22. The van der Waals surface area contributed by atoms with Crippen LogP contribution in [0.15, 0.2) is 53.7 Å². The largest absolute Gasteiger partial charge is 0.506 e. The number of nitrogens with one attached hydrogen (secondary N) is 1. The van der Waals surface area contributed by atoms with Gasteiger partial charge < -0.3 is 19.7 Å². The van der Waals surface area contributed by atoms with Crippen LogP contribution in [0.5, 0.6) is 11.5 Å². The van der Waals surface area contributed by atoms with Crippen molar-refractivity contribution in [3.63, 3.8) is 0 Å². The van der Waals surface area contributed by atoms with Gasteiger partial charge in [-0.15, -0.1) is 10.2 Å². The van der Waals surface area contributed by atoms with Crippen LogP contribution < -0.4 is 10.1 Å². The molecule has 2 aromatic carbocycles.